The van der Waals surface area contributed by atoms with Crippen LogP contribution in [-0.2, 0) is 11.3 Å². The van der Waals surface area contributed by atoms with Crippen molar-refractivity contribution in [3.63, 3.8) is 0 Å². The molecule has 1 aliphatic heterocycles. The van der Waals surface area contributed by atoms with Crippen molar-refractivity contribution in [3.05, 3.63) is 53.6 Å². The summed E-state index contributed by atoms with van der Waals surface area (Å²) in [6.07, 6.45) is -0.0116. The van der Waals surface area contributed by atoms with Gasteiger partial charge in [0.05, 0.1) is 27.4 Å². The lowest BCUT2D eigenvalue weighted by atomic mass is 10.1. The number of hydrogen-bond donors (Lipinski definition) is 0. The molecule has 3 rings (SSSR count). The van der Waals surface area contributed by atoms with E-state index in [1.165, 1.54) is 5.56 Å². The number of ether oxygens (including phenoxy) is 4. The molecule has 0 aliphatic carbocycles. The first-order chi connectivity index (χ1) is 11.7. The molecule has 1 heterocycles. The van der Waals surface area contributed by atoms with Crippen LogP contribution in [0.15, 0.2) is 42.5 Å². The molecular weight excluding hydrogens is 306 g/mol. The van der Waals surface area contributed by atoms with E-state index in [-0.39, 0.29) is 6.10 Å². The minimum atomic E-state index is -0.0116. The Morgan fingerprint density at radius 3 is 2.25 bits per heavy atom. The molecule has 2 aromatic carbocycles. The Morgan fingerprint density at radius 2 is 1.67 bits per heavy atom. The number of methoxy groups -OCH3 is 3. The lowest BCUT2D eigenvalue weighted by molar-refractivity contribution is 0.0877. The first kappa shape index (κ1) is 16.6. The molecule has 0 amide bonds. The first-order valence-electron chi connectivity index (χ1n) is 7.93. The average Bonchev–Trinajstić information content (AvgIpc) is 3.09. The van der Waals surface area contributed by atoms with Crippen molar-refractivity contribution in [1.82, 2.24) is 4.90 Å². The lowest BCUT2D eigenvalue weighted by Crippen LogP contribution is -2.19. The molecule has 0 saturated carbocycles. The number of rotatable bonds is 6. The smallest absolute Gasteiger partial charge is 0.203 e. The Morgan fingerprint density at radius 1 is 1.00 bits per heavy atom. The molecule has 0 bridgehead atoms. The highest BCUT2D eigenvalue weighted by Gasteiger charge is 2.27. The summed E-state index contributed by atoms with van der Waals surface area (Å²) in [5.74, 6) is 1.90. The third-order valence-corrected chi connectivity index (χ3v) is 4.19. The van der Waals surface area contributed by atoms with E-state index in [2.05, 4.69) is 29.2 Å². The molecule has 1 aliphatic rings. The van der Waals surface area contributed by atoms with Crippen LogP contribution in [-0.4, -0.2) is 39.5 Å². The van der Waals surface area contributed by atoms with E-state index in [1.54, 1.807) is 21.3 Å². The van der Waals surface area contributed by atoms with Crippen molar-refractivity contribution in [1.29, 1.82) is 0 Å². The van der Waals surface area contributed by atoms with E-state index >= 15 is 0 Å². The maximum absolute atomic E-state index is 5.97. The zero-order valence-electron chi connectivity index (χ0n) is 14.3. The highest BCUT2D eigenvalue weighted by molar-refractivity contribution is 5.54. The summed E-state index contributed by atoms with van der Waals surface area (Å²) in [5.41, 5.74) is 2.31. The number of benzene rings is 2. The summed E-state index contributed by atoms with van der Waals surface area (Å²) >= 11 is 0. The van der Waals surface area contributed by atoms with Crippen LogP contribution in [0.3, 0.4) is 0 Å². The lowest BCUT2D eigenvalue weighted by Gasteiger charge is -2.17. The van der Waals surface area contributed by atoms with Gasteiger partial charge in [0.2, 0.25) is 5.75 Å². The van der Waals surface area contributed by atoms with Crippen LogP contribution in [0.1, 0.15) is 17.2 Å². The number of hydrogen-bond acceptors (Lipinski definition) is 5. The average molecular weight is 329 g/mol. The molecule has 1 fully saturated rings. The van der Waals surface area contributed by atoms with Gasteiger partial charge in [0.15, 0.2) is 11.5 Å². The summed E-state index contributed by atoms with van der Waals surface area (Å²) in [7, 11) is 4.85. The van der Waals surface area contributed by atoms with E-state index in [9.17, 15) is 0 Å². The largest absolute Gasteiger partial charge is 0.493 e. The van der Waals surface area contributed by atoms with Crippen molar-refractivity contribution in [2.45, 2.75) is 12.6 Å². The van der Waals surface area contributed by atoms with Gasteiger partial charge in [0.25, 0.3) is 0 Å². The summed E-state index contributed by atoms with van der Waals surface area (Å²) in [6, 6.07) is 14.3. The van der Waals surface area contributed by atoms with Crippen LogP contribution in [0.25, 0.3) is 0 Å². The van der Waals surface area contributed by atoms with Crippen LogP contribution in [0.5, 0.6) is 17.2 Å². The molecule has 5 nitrogen and oxygen atoms in total. The molecule has 0 spiro atoms. The highest BCUT2D eigenvalue weighted by atomic mass is 16.5. The maximum Gasteiger partial charge on any atom is 0.203 e. The quantitative estimate of drug-likeness (QED) is 0.814. The molecule has 1 unspecified atom stereocenters. The molecule has 1 atom stereocenters. The standard InChI is InChI=1S/C19H23NO4/c1-21-16-9-15(10-17(22-2)19(16)23-3)18-12-20(13-24-18)11-14-7-5-4-6-8-14/h4-10,18H,11-13H2,1-3H3. The summed E-state index contributed by atoms with van der Waals surface area (Å²) in [6.45, 7) is 2.31. The predicted octanol–water partition coefficient (Wildman–Crippen LogP) is 3.24. The fraction of sp³-hybridized carbons (Fsp3) is 0.368. The van der Waals surface area contributed by atoms with Gasteiger partial charge in [-0.1, -0.05) is 30.3 Å². The Labute approximate surface area is 142 Å². The fourth-order valence-corrected chi connectivity index (χ4v) is 2.98. The Balaban J connectivity index is 1.75. The van der Waals surface area contributed by atoms with Crippen LogP contribution in [0, 0.1) is 0 Å². The topological polar surface area (TPSA) is 40.2 Å². The monoisotopic (exact) mass is 329 g/mol. The van der Waals surface area contributed by atoms with Gasteiger partial charge < -0.3 is 18.9 Å². The third-order valence-electron chi connectivity index (χ3n) is 4.19. The summed E-state index contributed by atoms with van der Waals surface area (Å²) < 4.78 is 22.2. The van der Waals surface area contributed by atoms with E-state index in [0.717, 1.165) is 18.7 Å². The summed E-state index contributed by atoms with van der Waals surface area (Å²) in [5, 5.41) is 0. The zero-order chi connectivity index (χ0) is 16.9. The zero-order valence-corrected chi connectivity index (χ0v) is 14.3. The highest BCUT2D eigenvalue weighted by Crippen LogP contribution is 2.41. The molecular formula is C19H23NO4. The van der Waals surface area contributed by atoms with Gasteiger partial charge >= 0.3 is 0 Å². The Kier molecular flexibility index (Phi) is 5.23. The van der Waals surface area contributed by atoms with Crippen LogP contribution >= 0.6 is 0 Å². The molecule has 0 aromatic heterocycles. The second kappa shape index (κ2) is 7.55. The predicted molar refractivity (Wildman–Crippen MR) is 91.6 cm³/mol. The van der Waals surface area contributed by atoms with E-state index in [4.69, 9.17) is 18.9 Å². The van der Waals surface area contributed by atoms with Gasteiger partial charge in [0.1, 0.15) is 6.73 Å². The van der Waals surface area contributed by atoms with Crippen LogP contribution in [0.4, 0.5) is 0 Å². The first-order valence-corrected chi connectivity index (χ1v) is 7.93. The van der Waals surface area contributed by atoms with Crippen LogP contribution < -0.4 is 14.2 Å². The molecule has 1 saturated heterocycles. The van der Waals surface area contributed by atoms with Gasteiger partial charge in [-0.05, 0) is 23.3 Å². The van der Waals surface area contributed by atoms with E-state index in [0.29, 0.717) is 24.0 Å². The third kappa shape index (κ3) is 3.47. The van der Waals surface area contributed by atoms with Gasteiger partial charge in [-0.15, -0.1) is 0 Å². The molecule has 0 N–H and O–H groups in total. The second-order valence-corrected chi connectivity index (χ2v) is 5.74. The Hall–Kier alpha value is -2.24. The molecule has 2 aromatic rings. The number of nitrogens with zero attached hydrogens (tertiary/aromatic N) is 1. The normalized spacial score (nSPS) is 17.7. The SMILES string of the molecule is COc1cc(C2CN(Cc3ccccc3)CO2)cc(OC)c1OC. The van der Waals surface area contributed by atoms with Crippen molar-refractivity contribution in [2.75, 3.05) is 34.6 Å². The van der Waals surface area contributed by atoms with Gasteiger partial charge in [0, 0.05) is 13.1 Å². The molecule has 24 heavy (non-hydrogen) atoms. The van der Waals surface area contributed by atoms with Gasteiger partial charge in [-0.2, -0.15) is 0 Å². The molecule has 5 heteroatoms. The minimum Gasteiger partial charge on any atom is -0.493 e. The Bertz CT molecular complexity index is 649. The second-order valence-electron chi connectivity index (χ2n) is 5.74. The maximum atomic E-state index is 5.97. The van der Waals surface area contributed by atoms with Gasteiger partial charge in [-0.3, -0.25) is 4.90 Å². The van der Waals surface area contributed by atoms with Crippen molar-refractivity contribution in [2.24, 2.45) is 0 Å². The van der Waals surface area contributed by atoms with Crippen molar-refractivity contribution >= 4 is 0 Å². The van der Waals surface area contributed by atoms with Gasteiger partial charge in [-0.25, -0.2) is 0 Å². The van der Waals surface area contributed by atoms with Crippen molar-refractivity contribution in [3.8, 4) is 17.2 Å². The van der Waals surface area contributed by atoms with Crippen molar-refractivity contribution < 1.29 is 18.9 Å². The van der Waals surface area contributed by atoms with Crippen LogP contribution in [0.2, 0.25) is 0 Å². The van der Waals surface area contributed by atoms with E-state index < -0.39 is 0 Å². The minimum absolute atomic E-state index is 0.0116. The molecule has 0 radical (unpaired) electrons. The van der Waals surface area contributed by atoms with E-state index in [1.807, 2.05) is 18.2 Å². The fourth-order valence-electron chi connectivity index (χ4n) is 2.98. The summed E-state index contributed by atoms with van der Waals surface area (Å²) in [4.78, 5) is 2.28. The molecule has 128 valence electrons.